The Kier molecular flexibility index (Phi) is 8.18. The van der Waals surface area contributed by atoms with Crippen molar-refractivity contribution in [2.24, 2.45) is 5.92 Å². The fraction of sp³-hybridized carbons (Fsp3) is 0.261. The zero-order chi connectivity index (χ0) is 22.4. The van der Waals surface area contributed by atoms with Crippen molar-refractivity contribution in [3.8, 4) is 0 Å². The molecule has 8 heteroatoms. The summed E-state index contributed by atoms with van der Waals surface area (Å²) < 4.78 is 1.98. The van der Waals surface area contributed by atoms with Gasteiger partial charge in [-0.25, -0.2) is 0 Å². The molecule has 2 aromatic carbocycles. The Morgan fingerprint density at radius 1 is 1.19 bits per heavy atom. The van der Waals surface area contributed by atoms with Crippen LogP contribution in [-0.4, -0.2) is 20.7 Å². The van der Waals surface area contributed by atoms with E-state index in [0.29, 0.717) is 33.7 Å². The molecule has 0 bridgehead atoms. The summed E-state index contributed by atoms with van der Waals surface area (Å²) in [6.45, 7) is 8.48. The molecule has 0 saturated heterocycles. The third kappa shape index (κ3) is 5.91. The quantitative estimate of drug-likeness (QED) is 0.296. The molecule has 0 aliphatic carbocycles. The largest absolute Gasteiger partial charge is 0.342 e. The minimum atomic E-state index is -0.298. The zero-order valence-electron chi connectivity index (χ0n) is 17.4. The summed E-state index contributed by atoms with van der Waals surface area (Å²) >= 11 is 13.8. The highest BCUT2D eigenvalue weighted by atomic mass is 35.5. The molecule has 5 nitrogen and oxygen atoms in total. The second kappa shape index (κ2) is 10.8. The van der Waals surface area contributed by atoms with Crippen molar-refractivity contribution >= 4 is 40.9 Å². The molecule has 0 unspecified atom stereocenters. The number of carbonyl (C=O) groups excluding carboxylic acids is 1. The maximum Gasteiger partial charge on any atom is 0.251 e. The number of amides is 1. The number of allylic oxidation sites excluding steroid dienone is 1. The van der Waals surface area contributed by atoms with Crippen LogP contribution in [0.15, 0.2) is 66.3 Å². The Labute approximate surface area is 196 Å². The molecule has 1 amide bonds. The lowest BCUT2D eigenvalue weighted by molar-refractivity contribution is 0.0922. The van der Waals surface area contributed by atoms with Gasteiger partial charge in [-0.05, 0) is 35.7 Å². The predicted molar refractivity (Wildman–Crippen MR) is 128 cm³/mol. The van der Waals surface area contributed by atoms with E-state index < -0.39 is 0 Å². The second-order valence-electron chi connectivity index (χ2n) is 7.33. The predicted octanol–water partition coefficient (Wildman–Crippen LogP) is 6.19. The second-order valence-corrected chi connectivity index (χ2v) is 9.11. The average Bonchev–Trinajstić information content (AvgIpc) is 3.14. The number of thioether (sulfide) groups is 1. The number of aromatic nitrogens is 3. The lowest BCUT2D eigenvalue weighted by Gasteiger charge is -2.22. The third-order valence-corrected chi connectivity index (χ3v) is 6.30. The van der Waals surface area contributed by atoms with Gasteiger partial charge in [-0.2, -0.15) is 0 Å². The normalized spacial score (nSPS) is 12.0. The number of nitrogens with one attached hydrogen (secondary N) is 1. The van der Waals surface area contributed by atoms with Gasteiger partial charge in [0, 0.05) is 27.9 Å². The molecule has 1 atom stereocenters. The van der Waals surface area contributed by atoms with Crippen LogP contribution in [-0.2, 0) is 12.3 Å². The van der Waals surface area contributed by atoms with Crippen LogP contribution in [0.2, 0.25) is 10.0 Å². The van der Waals surface area contributed by atoms with Crippen molar-refractivity contribution in [3.05, 3.63) is 88.2 Å². The maximum absolute atomic E-state index is 12.8. The van der Waals surface area contributed by atoms with Crippen molar-refractivity contribution in [3.63, 3.8) is 0 Å². The molecule has 3 aromatic rings. The molecule has 1 heterocycles. The minimum Gasteiger partial charge on any atom is -0.342 e. The van der Waals surface area contributed by atoms with Crippen molar-refractivity contribution in [2.45, 2.75) is 37.3 Å². The van der Waals surface area contributed by atoms with E-state index in [9.17, 15) is 4.79 Å². The molecule has 0 saturated carbocycles. The number of benzene rings is 2. The van der Waals surface area contributed by atoms with E-state index in [1.807, 2.05) is 48.7 Å². The zero-order valence-corrected chi connectivity index (χ0v) is 19.7. The van der Waals surface area contributed by atoms with Gasteiger partial charge in [0.1, 0.15) is 0 Å². The summed E-state index contributed by atoms with van der Waals surface area (Å²) in [5, 5.41) is 13.9. The van der Waals surface area contributed by atoms with E-state index >= 15 is 0 Å². The van der Waals surface area contributed by atoms with E-state index in [4.69, 9.17) is 23.2 Å². The summed E-state index contributed by atoms with van der Waals surface area (Å²) in [6, 6.07) is 14.3. The topological polar surface area (TPSA) is 59.8 Å². The highest BCUT2D eigenvalue weighted by Crippen LogP contribution is 2.30. The Morgan fingerprint density at radius 3 is 2.58 bits per heavy atom. The van der Waals surface area contributed by atoms with E-state index in [0.717, 1.165) is 10.7 Å². The van der Waals surface area contributed by atoms with Crippen LogP contribution in [0.25, 0.3) is 0 Å². The van der Waals surface area contributed by atoms with E-state index in [2.05, 4.69) is 22.1 Å². The SMILES string of the molecule is C=CCn1c(SCc2ccc(Cl)cc2Cl)nnc1[C@H](NC(=O)c1ccccc1)C(C)C. The lowest BCUT2D eigenvalue weighted by atomic mass is 10.0. The van der Waals surface area contributed by atoms with Crippen LogP contribution in [0.5, 0.6) is 0 Å². The van der Waals surface area contributed by atoms with E-state index in [1.54, 1.807) is 24.3 Å². The summed E-state index contributed by atoms with van der Waals surface area (Å²) in [5.41, 5.74) is 1.57. The Bertz CT molecular complexity index is 1050. The Hall–Kier alpha value is -2.28. The van der Waals surface area contributed by atoms with Crippen LogP contribution in [0.1, 0.15) is 41.6 Å². The maximum atomic E-state index is 12.8. The molecule has 0 spiro atoms. The molecule has 1 aromatic heterocycles. The summed E-state index contributed by atoms with van der Waals surface area (Å²) in [7, 11) is 0. The van der Waals surface area contributed by atoms with Crippen LogP contribution in [0.3, 0.4) is 0 Å². The van der Waals surface area contributed by atoms with Gasteiger partial charge in [0.2, 0.25) is 0 Å². The van der Waals surface area contributed by atoms with Gasteiger partial charge in [0.15, 0.2) is 11.0 Å². The van der Waals surface area contributed by atoms with Crippen LogP contribution in [0, 0.1) is 5.92 Å². The van der Waals surface area contributed by atoms with Gasteiger partial charge in [-0.1, -0.05) is 79.2 Å². The highest BCUT2D eigenvalue weighted by molar-refractivity contribution is 7.98. The first-order valence-electron chi connectivity index (χ1n) is 9.87. The molecule has 1 N–H and O–H groups in total. The number of hydrogen-bond acceptors (Lipinski definition) is 4. The Balaban J connectivity index is 1.84. The van der Waals surface area contributed by atoms with Gasteiger partial charge < -0.3 is 9.88 Å². The first-order chi connectivity index (χ1) is 14.9. The van der Waals surface area contributed by atoms with E-state index in [-0.39, 0.29) is 17.9 Å². The fourth-order valence-electron chi connectivity index (χ4n) is 3.06. The molecule has 0 aliphatic heterocycles. The monoisotopic (exact) mass is 474 g/mol. The molecule has 0 aliphatic rings. The smallest absolute Gasteiger partial charge is 0.251 e. The van der Waals surface area contributed by atoms with Crippen molar-refractivity contribution in [1.82, 2.24) is 20.1 Å². The number of rotatable bonds is 9. The number of halogens is 2. The molecule has 3 rings (SSSR count). The van der Waals surface area contributed by atoms with Crippen LogP contribution >= 0.6 is 35.0 Å². The molecule has 0 radical (unpaired) electrons. The number of hydrogen-bond donors (Lipinski definition) is 1. The van der Waals surface area contributed by atoms with Crippen LogP contribution < -0.4 is 5.32 Å². The third-order valence-electron chi connectivity index (χ3n) is 4.70. The molecular formula is C23H24Cl2N4OS. The van der Waals surface area contributed by atoms with Gasteiger partial charge in [0.25, 0.3) is 5.91 Å². The Morgan fingerprint density at radius 2 is 1.94 bits per heavy atom. The van der Waals surface area contributed by atoms with Gasteiger partial charge >= 0.3 is 0 Å². The average molecular weight is 475 g/mol. The first-order valence-corrected chi connectivity index (χ1v) is 11.6. The van der Waals surface area contributed by atoms with Crippen molar-refractivity contribution in [2.75, 3.05) is 0 Å². The molecular weight excluding hydrogens is 451 g/mol. The number of carbonyl (C=O) groups is 1. The molecule has 0 fully saturated rings. The minimum absolute atomic E-state index is 0.115. The summed E-state index contributed by atoms with van der Waals surface area (Å²) in [4.78, 5) is 12.8. The van der Waals surface area contributed by atoms with Gasteiger partial charge in [-0.3, -0.25) is 4.79 Å². The van der Waals surface area contributed by atoms with Gasteiger partial charge in [0.05, 0.1) is 6.04 Å². The fourth-order valence-corrected chi connectivity index (χ4v) is 4.58. The highest BCUT2D eigenvalue weighted by Gasteiger charge is 2.26. The van der Waals surface area contributed by atoms with Crippen LogP contribution in [0.4, 0.5) is 0 Å². The summed E-state index contributed by atoms with van der Waals surface area (Å²) in [5.74, 6) is 1.29. The van der Waals surface area contributed by atoms with Gasteiger partial charge in [-0.15, -0.1) is 16.8 Å². The first kappa shape index (κ1) is 23.4. The van der Waals surface area contributed by atoms with E-state index in [1.165, 1.54) is 11.8 Å². The van der Waals surface area contributed by atoms with Crippen molar-refractivity contribution < 1.29 is 4.79 Å². The molecule has 162 valence electrons. The molecule has 31 heavy (non-hydrogen) atoms. The standard InChI is InChI=1S/C23H24Cl2N4OS/c1-4-12-29-21(20(15(2)3)26-22(30)16-8-6-5-7-9-16)27-28-23(29)31-14-17-10-11-18(24)13-19(17)25/h4-11,13,15,20H,1,12,14H2,2-3H3,(H,26,30)/t20-/m1/s1. The van der Waals surface area contributed by atoms with Crippen molar-refractivity contribution in [1.29, 1.82) is 0 Å². The summed E-state index contributed by atoms with van der Waals surface area (Å²) in [6.07, 6.45) is 1.79. The lowest BCUT2D eigenvalue weighted by Crippen LogP contribution is -2.33. The number of nitrogens with zero attached hydrogens (tertiary/aromatic N) is 3.